The molecule has 3 aromatic rings. The minimum absolute atomic E-state index is 0.242. The molecule has 0 radical (unpaired) electrons. The molecule has 36 heavy (non-hydrogen) atoms. The summed E-state index contributed by atoms with van der Waals surface area (Å²) in [6, 6.07) is 17.1. The Bertz CT molecular complexity index is 1180. The van der Waals surface area contributed by atoms with Crippen molar-refractivity contribution >= 4 is 27.6 Å². The van der Waals surface area contributed by atoms with Crippen LogP contribution in [0.2, 0.25) is 0 Å². The predicted octanol–water partition coefficient (Wildman–Crippen LogP) is 2.55. The maximum absolute atomic E-state index is 12.9. The Morgan fingerprint density at radius 3 is 2.00 bits per heavy atom. The second-order valence-electron chi connectivity index (χ2n) is 8.77. The van der Waals surface area contributed by atoms with Crippen LogP contribution >= 0.6 is 11.3 Å². The lowest BCUT2D eigenvalue weighted by Gasteiger charge is -2.36. The predicted molar refractivity (Wildman–Crippen MR) is 140 cm³/mol. The zero-order valence-electron chi connectivity index (χ0n) is 20.2. The summed E-state index contributed by atoms with van der Waals surface area (Å²) in [5.74, 6) is -0.666. The highest BCUT2D eigenvalue weighted by atomic mass is 32.2. The zero-order valence-corrected chi connectivity index (χ0v) is 21.8. The summed E-state index contributed by atoms with van der Waals surface area (Å²) in [7, 11) is -0.997. The molecule has 0 bridgehead atoms. The van der Waals surface area contributed by atoms with Gasteiger partial charge >= 0.3 is 6.09 Å². The molecule has 1 heterocycles. The molecular weight excluding hydrogens is 500 g/mol. The average Bonchev–Trinajstić information content (AvgIpc) is 3.35. The lowest BCUT2D eigenvalue weighted by Crippen LogP contribution is -2.55. The van der Waals surface area contributed by atoms with Gasteiger partial charge in [-0.25, -0.2) is 4.79 Å². The van der Waals surface area contributed by atoms with Gasteiger partial charge in [-0.1, -0.05) is 60.7 Å². The largest absolute Gasteiger partial charge is 0.465 e. The second kappa shape index (κ2) is 12.9. The van der Waals surface area contributed by atoms with Gasteiger partial charge in [0, 0.05) is 37.1 Å². The molecule has 0 spiro atoms. The van der Waals surface area contributed by atoms with Crippen LogP contribution in [0.3, 0.4) is 0 Å². The highest BCUT2D eigenvalue weighted by Gasteiger charge is 2.37. The molecule has 11 heteroatoms. The number of aromatic nitrogens is 1. The maximum Gasteiger partial charge on any atom is 0.404 e. The van der Waals surface area contributed by atoms with Gasteiger partial charge in [0.1, 0.15) is 0 Å². The van der Waals surface area contributed by atoms with E-state index in [1.54, 1.807) is 11.7 Å². The molecule has 4 atom stereocenters. The van der Waals surface area contributed by atoms with Crippen molar-refractivity contribution in [2.45, 2.75) is 37.5 Å². The number of nitrogens with zero attached hydrogens (tertiary/aromatic N) is 2. The number of nitrogens with one attached hydrogen (secondary N) is 2. The third-order valence-corrected chi connectivity index (χ3v) is 8.34. The van der Waals surface area contributed by atoms with Crippen molar-refractivity contribution in [1.82, 2.24) is 19.3 Å². The molecule has 0 saturated carbocycles. The molecule has 0 fully saturated rings. The Morgan fingerprint density at radius 2 is 1.53 bits per heavy atom. The molecule has 0 aliphatic rings. The molecular formula is C25H32N4O5S2. The molecule has 0 aliphatic heterocycles. The van der Waals surface area contributed by atoms with Crippen molar-refractivity contribution < 1.29 is 23.4 Å². The van der Waals surface area contributed by atoms with Crippen LogP contribution in [0, 0.1) is 5.92 Å². The van der Waals surface area contributed by atoms with Crippen molar-refractivity contribution in [3.05, 3.63) is 88.4 Å². The highest BCUT2D eigenvalue weighted by molar-refractivity contribution is 7.87. The Morgan fingerprint density at radius 1 is 0.972 bits per heavy atom. The van der Waals surface area contributed by atoms with Gasteiger partial charge in [0.15, 0.2) is 0 Å². The van der Waals surface area contributed by atoms with Crippen LogP contribution in [0.25, 0.3) is 0 Å². The number of amides is 1. The minimum Gasteiger partial charge on any atom is -0.465 e. The first kappa shape index (κ1) is 27.8. The summed E-state index contributed by atoms with van der Waals surface area (Å²) < 4.78 is 29.7. The van der Waals surface area contributed by atoms with Crippen LogP contribution in [0.1, 0.15) is 16.0 Å². The van der Waals surface area contributed by atoms with E-state index in [0.717, 1.165) is 20.3 Å². The van der Waals surface area contributed by atoms with Crippen LogP contribution < -0.4 is 10.0 Å². The van der Waals surface area contributed by atoms with Gasteiger partial charge in [0.25, 0.3) is 10.2 Å². The molecule has 1 unspecified atom stereocenters. The normalized spacial score (nSPS) is 15.2. The van der Waals surface area contributed by atoms with Crippen molar-refractivity contribution in [3.8, 4) is 0 Å². The molecule has 1 aromatic heterocycles. The van der Waals surface area contributed by atoms with Gasteiger partial charge < -0.3 is 15.5 Å². The summed E-state index contributed by atoms with van der Waals surface area (Å²) in [6.07, 6.45) is 0.0700. The summed E-state index contributed by atoms with van der Waals surface area (Å²) >= 11 is 1.40. The number of hydrogen-bond acceptors (Lipinski definition) is 6. The van der Waals surface area contributed by atoms with Gasteiger partial charge in [-0.15, -0.1) is 11.3 Å². The number of benzene rings is 2. The van der Waals surface area contributed by atoms with E-state index >= 15 is 0 Å². The molecule has 0 aliphatic carbocycles. The number of hydrogen-bond donors (Lipinski definition) is 4. The minimum atomic E-state index is -3.86. The van der Waals surface area contributed by atoms with E-state index in [1.807, 2.05) is 60.7 Å². The number of aliphatic hydroxyl groups excluding tert-OH is 1. The quantitative estimate of drug-likeness (QED) is 0.268. The van der Waals surface area contributed by atoms with Gasteiger partial charge in [0.2, 0.25) is 0 Å². The van der Waals surface area contributed by atoms with Gasteiger partial charge in [-0.3, -0.25) is 4.98 Å². The Kier molecular flexibility index (Phi) is 9.97. The van der Waals surface area contributed by atoms with E-state index in [4.69, 9.17) is 0 Å². The van der Waals surface area contributed by atoms with Crippen molar-refractivity contribution in [1.29, 1.82) is 0 Å². The molecule has 9 nitrogen and oxygen atoms in total. The number of aliphatic hydroxyl groups is 1. The van der Waals surface area contributed by atoms with Crippen LogP contribution in [0.5, 0.6) is 0 Å². The first-order chi connectivity index (χ1) is 17.2. The second-order valence-corrected chi connectivity index (χ2v) is 11.7. The van der Waals surface area contributed by atoms with Crippen molar-refractivity contribution in [2.24, 2.45) is 5.92 Å². The van der Waals surface area contributed by atoms with Crippen LogP contribution in [-0.4, -0.2) is 66.3 Å². The average molecular weight is 533 g/mol. The summed E-state index contributed by atoms with van der Waals surface area (Å²) in [6.45, 7) is 0. The van der Waals surface area contributed by atoms with Gasteiger partial charge in [-0.2, -0.15) is 17.4 Å². The fourth-order valence-electron chi connectivity index (χ4n) is 4.10. The fraction of sp³-hybridized carbons (Fsp3) is 0.360. The van der Waals surface area contributed by atoms with Crippen molar-refractivity contribution in [3.63, 3.8) is 0 Å². The standard InChI is InChI=1S/C25H32N4O5S2/c1-29(2)36(33,34)28-22(13-18-9-5-3-6-10-18)21(15-20-16-26-17-35-20)24(30)23(27-25(31)32)14-19-11-7-4-8-12-19/h3-12,16-17,21-24,27-28,30H,13-15H2,1-2H3,(H,31,32)/t21?,22-,23-,24+/m0/s1. The van der Waals surface area contributed by atoms with Gasteiger partial charge in [-0.05, 0) is 30.4 Å². The maximum atomic E-state index is 12.9. The zero-order chi connectivity index (χ0) is 26.1. The third-order valence-electron chi connectivity index (χ3n) is 5.97. The SMILES string of the molecule is CN(C)S(=O)(=O)N[C@@H](Cc1ccccc1)C(Cc1cncs1)[C@@H](O)[C@H](Cc1ccccc1)NC(=O)O. The molecule has 3 rings (SSSR count). The van der Waals surface area contributed by atoms with E-state index in [1.165, 1.54) is 25.4 Å². The summed E-state index contributed by atoms with van der Waals surface area (Å²) in [5.41, 5.74) is 3.41. The molecule has 2 aromatic carbocycles. The van der Waals surface area contributed by atoms with E-state index in [2.05, 4.69) is 15.0 Å². The smallest absolute Gasteiger partial charge is 0.404 e. The topological polar surface area (TPSA) is 132 Å². The van der Waals surface area contributed by atoms with Crippen LogP contribution in [-0.2, 0) is 29.5 Å². The Hall–Kier alpha value is -2.83. The lowest BCUT2D eigenvalue weighted by atomic mass is 9.82. The van der Waals surface area contributed by atoms with E-state index in [-0.39, 0.29) is 6.42 Å². The summed E-state index contributed by atoms with van der Waals surface area (Å²) in [4.78, 5) is 16.7. The van der Waals surface area contributed by atoms with Crippen LogP contribution in [0.4, 0.5) is 4.79 Å². The number of carboxylic acid groups (broad SMARTS) is 1. The third kappa shape index (κ3) is 8.10. The number of rotatable bonds is 13. The number of carbonyl (C=O) groups is 1. The van der Waals surface area contributed by atoms with Crippen LogP contribution in [0.15, 0.2) is 72.4 Å². The van der Waals surface area contributed by atoms with E-state index < -0.39 is 40.4 Å². The van der Waals surface area contributed by atoms with Gasteiger partial charge in [0.05, 0.1) is 17.7 Å². The summed E-state index contributed by atoms with van der Waals surface area (Å²) in [5, 5.41) is 23.7. The molecule has 1 amide bonds. The van der Waals surface area contributed by atoms with E-state index in [0.29, 0.717) is 12.8 Å². The monoisotopic (exact) mass is 532 g/mol. The Balaban J connectivity index is 2.01. The molecule has 0 saturated heterocycles. The Labute approximate surface area is 216 Å². The number of thiazole rings is 1. The fourth-order valence-corrected chi connectivity index (χ4v) is 5.62. The first-order valence-corrected chi connectivity index (χ1v) is 13.8. The highest BCUT2D eigenvalue weighted by Crippen LogP contribution is 2.26. The lowest BCUT2D eigenvalue weighted by molar-refractivity contribution is 0.0525. The first-order valence-electron chi connectivity index (χ1n) is 11.5. The molecule has 4 N–H and O–H groups in total. The molecule has 194 valence electrons. The van der Waals surface area contributed by atoms with Crippen molar-refractivity contribution in [2.75, 3.05) is 14.1 Å². The van der Waals surface area contributed by atoms with E-state index in [9.17, 15) is 23.4 Å².